The third kappa shape index (κ3) is 5.52. The molecule has 2 rings (SSSR count). The van der Waals surface area contributed by atoms with Crippen molar-refractivity contribution in [2.75, 3.05) is 12.3 Å². The van der Waals surface area contributed by atoms with Gasteiger partial charge in [-0.25, -0.2) is 8.42 Å². The second kappa shape index (κ2) is 8.90. The van der Waals surface area contributed by atoms with Gasteiger partial charge in [0.2, 0.25) is 0 Å². The van der Waals surface area contributed by atoms with Gasteiger partial charge in [-0.05, 0) is 29.8 Å². The monoisotopic (exact) mass is 383 g/mol. The fourth-order valence-corrected chi connectivity index (χ4v) is 4.75. The predicted octanol–water partition coefficient (Wildman–Crippen LogP) is 4.40. The topological polar surface area (TPSA) is 46.2 Å². The Kier molecular flexibility index (Phi) is 7.16. The Morgan fingerprint density at radius 1 is 1.08 bits per heavy atom. The van der Waals surface area contributed by atoms with Gasteiger partial charge in [-0.3, -0.25) is 0 Å². The van der Waals surface area contributed by atoms with Crippen molar-refractivity contribution in [3.63, 3.8) is 0 Å². The summed E-state index contributed by atoms with van der Waals surface area (Å²) in [4.78, 5) is 1.50. The van der Waals surface area contributed by atoms with Crippen molar-refractivity contribution in [2.24, 2.45) is 0 Å². The van der Waals surface area contributed by atoms with Crippen LogP contribution in [0.5, 0.6) is 0 Å². The molecule has 2 aromatic rings. The van der Waals surface area contributed by atoms with Gasteiger partial charge >= 0.3 is 0 Å². The minimum Gasteiger partial charge on any atom is -0.312 e. The van der Waals surface area contributed by atoms with Gasteiger partial charge in [-0.1, -0.05) is 49.7 Å². The molecule has 6 heteroatoms. The molecule has 0 aliphatic rings. The van der Waals surface area contributed by atoms with Crippen molar-refractivity contribution in [3.05, 3.63) is 59.1 Å². The quantitative estimate of drug-likeness (QED) is 0.542. The molecule has 3 nitrogen and oxygen atoms in total. The van der Waals surface area contributed by atoms with Crippen LogP contribution in [0.15, 0.2) is 58.3 Å². The van der Waals surface area contributed by atoms with Crippen molar-refractivity contribution in [2.45, 2.75) is 35.4 Å². The van der Waals surface area contributed by atoms with Gasteiger partial charge in [-0.2, -0.15) is 0 Å². The summed E-state index contributed by atoms with van der Waals surface area (Å²) in [6, 6.07) is 14.4. The lowest BCUT2D eigenvalue weighted by atomic mass is 10.2. The van der Waals surface area contributed by atoms with Crippen LogP contribution < -0.4 is 5.32 Å². The highest BCUT2D eigenvalue weighted by Gasteiger charge is 2.14. The molecule has 0 spiro atoms. The fraction of sp³-hybridized carbons (Fsp3) is 0.333. The molecule has 0 radical (unpaired) electrons. The summed E-state index contributed by atoms with van der Waals surface area (Å²) in [6.07, 6.45) is 0. The first kappa shape index (κ1) is 19.3. The predicted molar refractivity (Wildman–Crippen MR) is 103 cm³/mol. The molecule has 0 heterocycles. The highest BCUT2D eigenvalue weighted by atomic mass is 35.5. The lowest BCUT2D eigenvalue weighted by Gasteiger charge is -2.14. The SMILES string of the molecule is CC(C)Sc1cccc(Cl)c1CNCCS(=O)(=O)c1ccccc1. The van der Waals surface area contributed by atoms with E-state index in [0.29, 0.717) is 28.3 Å². The summed E-state index contributed by atoms with van der Waals surface area (Å²) in [5, 5.41) is 4.37. The molecule has 0 atom stereocenters. The number of rotatable bonds is 8. The molecule has 0 bridgehead atoms. The van der Waals surface area contributed by atoms with Crippen LogP contribution in [0.4, 0.5) is 0 Å². The van der Waals surface area contributed by atoms with Crippen molar-refractivity contribution in [1.82, 2.24) is 5.32 Å². The molecule has 0 aliphatic carbocycles. The maximum absolute atomic E-state index is 12.3. The Labute approximate surface area is 153 Å². The standard InChI is InChI=1S/C18H22ClNO2S2/c1-14(2)23-18-10-6-9-17(19)16(18)13-20-11-12-24(21,22)15-7-4-3-5-8-15/h3-10,14,20H,11-13H2,1-2H3. The number of halogens is 1. The number of hydrogen-bond donors (Lipinski definition) is 1. The van der Waals surface area contributed by atoms with E-state index in [-0.39, 0.29) is 5.75 Å². The first-order valence-electron chi connectivity index (χ1n) is 7.83. The van der Waals surface area contributed by atoms with Gasteiger partial charge in [0.05, 0.1) is 10.6 Å². The van der Waals surface area contributed by atoms with E-state index in [1.54, 1.807) is 36.0 Å². The van der Waals surface area contributed by atoms with Crippen molar-refractivity contribution < 1.29 is 8.42 Å². The maximum atomic E-state index is 12.3. The molecule has 0 unspecified atom stereocenters. The first-order valence-corrected chi connectivity index (χ1v) is 10.7. The van der Waals surface area contributed by atoms with Crippen molar-refractivity contribution in [1.29, 1.82) is 0 Å². The average Bonchev–Trinajstić information content (AvgIpc) is 2.54. The highest BCUT2D eigenvalue weighted by molar-refractivity contribution is 8.00. The zero-order valence-electron chi connectivity index (χ0n) is 13.8. The molecule has 130 valence electrons. The van der Waals surface area contributed by atoms with E-state index >= 15 is 0 Å². The summed E-state index contributed by atoms with van der Waals surface area (Å²) in [6.45, 7) is 5.21. The normalized spacial score (nSPS) is 11.8. The zero-order valence-corrected chi connectivity index (χ0v) is 16.2. The Morgan fingerprint density at radius 3 is 2.46 bits per heavy atom. The summed E-state index contributed by atoms with van der Waals surface area (Å²) < 4.78 is 24.5. The van der Waals surface area contributed by atoms with Gasteiger partial charge in [0.15, 0.2) is 9.84 Å². The molecule has 24 heavy (non-hydrogen) atoms. The van der Waals surface area contributed by atoms with Crippen LogP contribution in [0.2, 0.25) is 5.02 Å². The van der Waals surface area contributed by atoms with Gasteiger partial charge in [-0.15, -0.1) is 11.8 Å². The molecule has 0 aromatic heterocycles. The van der Waals surface area contributed by atoms with Crippen LogP contribution in [0.3, 0.4) is 0 Å². The fourth-order valence-electron chi connectivity index (χ4n) is 2.24. The minimum atomic E-state index is -3.25. The molecule has 1 N–H and O–H groups in total. The summed E-state index contributed by atoms with van der Waals surface area (Å²) in [5.41, 5.74) is 1.02. The molecule has 2 aromatic carbocycles. The maximum Gasteiger partial charge on any atom is 0.179 e. The van der Waals surface area contributed by atoms with Gasteiger partial charge in [0, 0.05) is 28.3 Å². The number of sulfone groups is 1. The van der Waals surface area contributed by atoms with Crippen LogP contribution in [-0.4, -0.2) is 26.0 Å². The third-order valence-corrected chi connectivity index (χ3v) is 6.58. The van der Waals surface area contributed by atoms with Crippen LogP contribution in [0.25, 0.3) is 0 Å². The highest BCUT2D eigenvalue weighted by Crippen LogP contribution is 2.31. The van der Waals surface area contributed by atoms with E-state index in [0.717, 1.165) is 10.5 Å². The minimum absolute atomic E-state index is 0.0636. The lowest BCUT2D eigenvalue weighted by molar-refractivity contribution is 0.590. The van der Waals surface area contributed by atoms with E-state index in [1.807, 2.05) is 24.3 Å². The molecule has 0 amide bonds. The lowest BCUT2D eigenvalue weighted by Crippen LogP contribution is -2.23. The van der Waals surface area contributed by atoms with E-state index < -0.39 is 9.84 Å². The van der Waals surface area contributed by atoms with Crippen molar-refractivity contribution in [3.8, 4) is 0 Å². The van der Waals surface area contributed by atoms with E-state index in [1.165, 1.54) is 0 Å². The average molecular weight is 384 g/mol. The van der Waals surface area contributed by atoms with Crippen LogP contribution in [0.1, 0.15) is 19.4 Å². The summed E-state index contributed by atoms with van der Waals surface area (Å²) >= 11 is 8.06. The van der Waals surface area contributed by atoms with Gasteiger partial charge < -0.3 is 5.32 Å². The molecule has 0 saturated heterocycles. The number of hydrogen-bond acceptors (Lipinski definition) is 4. The Morgan fingerprint density at radius 2 is 1.79 bits per heavy atom. The Bertz CT molecular complexity index is 762. The molecular formula is C18H22ClNO2S2. The van der Waals surface area contributed by atoms with Gasteiger partial charge in [0.25, 0.3) is 0 Å². The Hall–Kier alpha value is -1.01. The molecule has 0 saturated carbocycles. The van der Waals surface area contributed by atoms with Crippen LogP contribution >= 0.6 is 23.4 Å². The second-order valence-electron chi connectivity index (χ2n) is 5.69. The second-order valence-corrected chi connectivity index (χ2v) is 9.83. The Balaban J connectivity index is 1.95. The zero-order chi connectivity index (χ0) is 17.6. The third-order valence-electron chi connectivity index (χ3n) is 3.39. The smallest absolute Gasteiger partial charge is 0.179 e. The van der Waals surface area contributed by atoms with E-state index in [2.05, 4.69) is 19.2 Å². The molecule has 0 aliphatic heterocycles. The number of nitrogens with one attached hydrogen (secondary N) is 1. The summed E-state index contributed by atoms with van der Waals surface area (Å²) in [5.74, 6) is 0.0636. The van der Waals surface area contributed by atoms with Crippen LogP contribution in [0, 0.1) is 0 Å². The van der Waals surface area contributed by atoms with Crippen LogP contribution in [-0.2, 0) is 16.4 Å². The molecule has 0 fully saturated rings. The number of benzene rings is 2. The van der Waals surface area contributed by atoms with Gasteiger partial charge in [0.1, 0.15) is 0 Å². The first-order chi connectivity index (χ1) is 11.4. The van der Waals surface area contributed by atoms with E-state index in [4.69, 9.17) is 11.6 Å². The molecular weight excluding hydrogens is 362 g/mol. The van der Waals surface area contributed by atoms with E-state index in [9.17, 15) is 8.42 Å². The van der Waals surface area contributed by atoms with Crippen molar-refractivity contribution >= 4 is 33.2 Å². The summed E-state index contributed by atoms with van der Waals surface area (Å²) in [7, 11) is -3.25. The number of thioether (sulfide) groups is 1. The largest absolute Gasteiger partial charge is 0.312 e.